The lowest BCUT2D eigenvalue weighted by Gasteiger charge is -2.26. The fourth-order valence-corrected chi connectivity index (χ4v) is 4.85. The molecule has 1 aromatic rings. The number of esters is 1. The number of carbonyl (C=O) groups is 3. The second-order valence-corrected chi connectivity index (χ2v) is 9.94. The smallest absolute Gasteiger partial charge is 0.329 e. The van der Waals surface area contributed by atoms with Crippen molar-refractivity contribution in [2.45, 2.75) is 95.8 Å². The molecular weight excluding hydrogens is 516 g/mol. The maximum absolute atomic E-state index is 13.5. The zero-order chi connectivity index (χ0) is 29.5. The third-order valence-corrected chi connectivity index (χ3v) is 7.14. The predicted molar refractivity (Wildman–Crippen MR) is 152 cm³/mol. The highest BCUT2D eigenvalue weighted by atomic mass is 16.5. The summed E-state index contributed by atoms with van der Waals surface area (Å²) in [5.41, 5.74) is 5.65. The summed E-state index contributed by atoms with van der Waals surface area (Å²) < 4.78 is 27.2. The number of hydrogen-bond donors (Lipinski definition) is 1. The van der Waals surface area contributed by atoms with E-state index < -0.39 is 24.0 Å². The van der Waals surface area contributed by atoms with Crippen LogP contribution in [0.15, 0.2) is 24.4 Å². The highest BCUT2D eigenvalue weighted by Gasteiger charge is 2.35. The molecule has 0 aliphatic carbocycles. The third-order valence-electron chi connectivity index (χ3n) is 7.14. The lowest BCUT2D eigenvalue weighted by molar-refractivity contribution is -0.154. The second kappa shape index (κ2) is 17.4. The van der Waals surface area contributed by atoms with E-state index in [1.54, 1.807) is 24.4 Å². The molecule has 0 saturated carbocycles. The van der Waals surface area contributed by atoms with Crippen molar-refractivity contribution in [3.05, 3.63) is 30.0 Å². The van der Waals surface area contributed by atoms with E-state index in [1.165, 1.54) is 33.3 Å². The van der Waals surface area contributed by atoms with E-state index in [2.05, 4.69) is 6.92 Å². The van der Waals surface area contributed by atoms with Gasteiger partial charge in [-0.25, -0.2) is 4.79 Å². The van der Waals surface area contributed by atoms with Crippen molar-refractivity contribution < 1.29 is 38.1 Å². The summed E-state index contributed by atoms with van der Waals surface area (Å²) in [6, 6.07) is 2.39. The summed E-state index contributed by atoms with van der Waals surface area (Å²) >= 11 is 0. The van der Waals surface area contributed by atoms with Crippen molar-refractivity contribution in [3.63, 3.8) is 0 Å². The number of primary amides is 1. The minimum atomic E-state index is -0.747. The Morgan fingerprint density at radius 1 is 0.900 bits per heavy atom. The fraction of sp³-hybridized carbons (Fsp3) is 0.633. The molecule has 0 saturated heterocycles. The lowest BCUT2D eigenvalue weighted by Crippen LogP contribution is -2.41. The SMILES string of the molecule is CCCCCC[C@H](CCCCC[C@@H](OC)C(N)=O)OC(=O)[C@@H]1CC=CN1C(=O)c1cc(OC)c(OC)c(OC)c1. The minimum Gasteiger partial charge on any atom is -0.493 e. The van der Waals surface area contributed by atoms with Gasteiger partial charge in [0.25, 0.3) is 5.91 Å². The fourth-order valence-electron chi connectivity index (χ4n) is 4.85. The Balaban J connectivity index is 2.05. The zero-order valence-electron chi connectivity index (χ0n) is 24.6. The molecule has 0 radical (unpaired) electrons. The van der Waals surface area contributed by atoms with Gasteiger partial charge in [0.1, 0.15) is 18.2 Å². The van der Waals surface area contributed by atoms with E-state index in [-0.39, 0.29) is 12.0 Å². The van der Waals surface area contributed by atoms with Gasteiger partial charge in [-0.3, -0.25) is 9.59 Å². The summed E-state index contributed by atoms with van der Waals surface area (Å²) in [6.07, 6.45) is 11.8. The van der Waals surface area contributed by atoms with Crippen LogP contribution in [0, 0.1) is 0 Å². The van der Waals surface area contributed by atoms with Crippen LogP contribution in [0.2, 0.25) is 0 Å². The molecule has 2 N–H and O–H groups in total. The molecule has 3 atom stereocenters. The van der Waals surface area contributed by atoms with Gasteiger partial charge in [-0.15, -0.1) is 0 Å². The number of ether oxygens (including phenoxy) is 5. The van der Waals surface area contributed by atoms with Crippen LogP contribution in [-0.2, 0) is 19.1 Å². The van der Waals surface area contributed by atoms with Gasteiger partial charge >= 0.3 is 5.97 Å². The summed E-state index contributed by atoms with van der Waals surface area (Å²) in [6.45, 7) is 2.16. The van der Waals surface area contributed by atoms with Gasteiger partial charge in [0.15, 0.2) is 11.5 Å². The average Bonchev–Trinajstić information content (AvgIpc) is 3.45. The average molecular weight is 563 g/mol. The van der Waals surface area contributed by atoms with Crippen LogP contribution in [0.3, 0.4) is 0 Å². The summed E-state index contributed by atoms with van der Waals surface area (Å²) in [4.78, 5) is 39.6. The lowest BCUT2D eigenvalue weighted by atomic mass is 10.0. The number of benzene rings is 1. The first-order valence-electron chi connectivity index (χ1n) is 14.1. The van der Waals surface area contributed by atoms with E-state index >= 15 is 0 Å². The van der Waals surface area contributed by atoms with Gasteiger partial charge < -0.3 is 34.3 Å². The Morgan fingerprint density at radius 3 is 2.02 bits per heavy atom. The Hall–Kier alpha value is -3.27. The Morgan fingerprint density at radius 2 is 1.50 bits per heavy atom. The van der Waals surface area contributed by atoms with Gasteiger partial charge in [-0.1, -0.05) is 45.1 Å². The molecule has 2 amide bonds. The van der Waals surface area contributed by atoms with E-state index in [0.717, 1.165) is 51.4 Å². The number of amides is 2. The normalized spacial score (nSPS) is 15.9. The summed E-state index contributed by atoms with van der Waals surface area (Å²) in [7, 11) is 5.94. The van der Waals surface area contributed by atoms with E-state index in [0.29, 0.717) is 42.1 Å². The van der Waals surface area contributed by atoms with Crippen molar-refractivity contribution in [1.82, 2.24) is 4.90 Å². The molecule has 0 spiro atoms. The highest BCUT2D eigenvalue weighted by Crippen LogP contribution is 2.39. The van der Waals surface area contributed by atoms with Crippen LogP contribution in [0.25, 0.3) is 0 Å². The molecule has 1 aliphatic rings. The van der Waals surface area contributed by atoms with Crippen LogP contribution in [0.5, 0.6) is 17.2 Å². The number of unbranched alkanes of at least 4 members (excludes halogenated alkanes) is 5. The van der Waals surface area contributed by atoms with E-state index in [1.807, 2.05) is 0 Å². The molecule has 0 aromatic heterocycles. The van der Waals surface area contributed by atoms with Gasteiger partial charge in [0, 0.05) is 18.9 Å². The maximum atomic E-state index is 13.5. The van der Waals surface area contributed by atoms with Gasteiger partial charge in [0.2, 0.25) is 11.7 Å². The van der Waals surface area contributed by atoms with Crippen LogP contribution in [-0.4, -0.2) is 69.4 Å². The van der Waals surface area contributed by atoms with Crippen LogP contribution >= 0.6 is 0 Å². The first-order chi connectivity index (χ1) is 19.3. The number of nitrogens with two attached hydrogens (primary N) is 1. The van der Waals surface area contributed by atoms with E-state index in [9.17, 15) is 14.4 Å². The molecule has 1 heterocycles. The second-order valence-electron chi connectivity index (χ2n) is 9.94. The van der Waals surface area contributed by atoms with Crippen molar-refractivity contribution in [2.75, 3.05) is 28.4 Å². The maximum Gasteiger partial charge on any atom is 0.329 e. The number of nitrogens with zero attached hydrogens (tertiary/aromatic N) is 1. The van der Waals surface area contributed by atoms with Gasteiger partial charge in [-0.05, 0) is 50.7 Å². The molecular formula is C30H46N2O8. The topological polar surface area (TPSA) is 127 Å². The molecule has 10 heteroatoms. The van der Waals surface area contributed by atoms with E-state index in [4.69, 9.17) is 29.4 Å². The molecule has 2 rings (SSSR count). The molecule has 0 unspecified atom stereocenters. The molecule has 40 heavy (non-hydrogen) atoms. The van der Waals surface area contributed by atoms with Crippen molar-refractivity contribution in [2.24, 2.45) is 5.73 Å². The van der Waals surface area contributed by atoms with Crippen molar-refractivity contribution in [1.29, 1.82) is 0 Å². The number of methoxy groups -OCH3 is 4. The first kappa shape index (κ1) is 32.9. The van der Waals surface area contributed by atoms with Gasteiger partial charge in [-0.2, -0.15) is 0 Å². The number of rotatable bonds is 19. The van der Waals surface area contributed by atoms with Crippen LogP contribution in [0.4, 0.5) is 0 Å². The third kappa shape index (κ3) is 9.43. The standard InChI is InChI=1S/C30H46N2O8/c1-6-7-8-10-14-22(15-11-9-12-17-24(36-2)28(31)33)40-30(35)23-16-13-18-32(23)29(34)21-19-25(37-3)27(39-5)26(20-21)38-4/h13,18-20,22-24H,6-12,14-17H2,1-5H3,(H2,31,33)/t22-,23+,24-/m1/s1. The molecule has 224 valence electrons. The Kier molecular flexibility index (Phi) is 14.4. The quantitative estimate of drug-likeness (QED) is 0.189. The highest BCUT2D eigenvalue weighted by molar-refractivity contribution is 5.99. The van der Waals surface area contributed by atoms with Crippen molar-refractivity contribution in [3.8, 4) is 17.2 Å². The van der Waals surface area contributed by atoms with Crippen molar-refractivity contribution >= 4 is 17.8 Å². The zero-order valence-corrected chi connectivity index (χ0v) is 24.6. The van der Waals surface area contributed by atoms with Crippen LogP contribution < -0.4 is 19.9 Å². The summed E-state index contributed by atoms with van der Waals surface area (Å²) in [5, 5.41) is 0. The largest absolute Gasteiger partial charge is 0.493 e. The van der Waals surface area contributed by atoms with Crippen LogP contribution in [0.1, 0.15) is 87.9 Å². The Labute approximate surface area is 238 Å². The summed E-state index contributed by atoms with van der Waals surface area (Å²) in [5.74, 6) is -0.149. The molecule has 1 aromatic carbocycles. The molecule has 10 nitrogen and oxygen atoms in total. The Bertz CT molecular complexity index is 971. The molecule has 1 aliphatic heterocycles. The monoisotopic (exact) mass is 562 g/mol. The number of carbonyl (C=O) groups excluding carboxylic acids is 3. The molecule has 0 bridgehead atoms. The molecule has 0 fully saturated rings. The predicted octanol–water partition coefficient (Wildman–Crippen LogP) is 4.77. The number of hydrogen-bond acceptors (Lipinski definition) is 8. The first-order valence-corrected chi connectivity index (χ1v) is 14.1. The van der Waals surface area contributed by atoms with Gasteiger partial charge in [0.05, 0.1) is 21.3 Å². The minimum absolute atomic E-state index is 0.238.